The SMILES string of the molecule is CCS[C@H]1OC(CO)[C@@H](O)[C@H](O)C1O.CO[C@H]1OC(CO)[C@@H](O)[C@H](O)C1O.OCC1OC(O)C(O)[C@@H](O)[C@@H]1O. The van der Waals surface area contributed by atoms with E-state index < -0.39 is 104 Å². The highest BCUT2D eigenvalue weighted by Gasteiger charge is 2.45. The van der Waals surface area contributed by atoms with Gasteiger partial charge in [0, 0.05) is 7.11 Å². The molecule has 0 amide bonds. The average molecular weight is 599 g/mol. The van der Waals surface area contributed by atoms with Crippen molar-refractivity contribution in [1.82, 2.24) is 0 Å². The average Bonchev–Trinajstić information content (AvgIpc) is 2.93. The van der Waals surface area contributed by atoms with Gasteiger partial charge in [-0.3, -0.25) is 0 Å². The summed E-state index contributed by atoms with van der Waals surface area (Å²) in [7, 11) is 1.30. The van der Waals surface area contributed by atoms with E-state index in [-0.39, 0.29) is 6.61 Å². The molecule has 3 aliphatic heterocycles. The third-order valence-corrected chi connectivity index (χ3v) is 7.18. The maximum Gasteiger partial charge on any atom is 0.186 e. The number of hydrogen-bond acceptors (Lipinski definition) is 18. The van der Waals surface area contributed by atoms with Crippen LogP contribution in [0.25, 0.3) is 0 Å². The number of thioether (sulfide) groups is 1. The summed E-state index contributed by atoms with van der Waals surface area (Å²) in [6.45, 7) is 0.560. The van der Waals surface area contributed by atoms with Crippen LogP contribution in [0.5, 0.6) is 0 Å². The normalized spacial score (nSPS) is 46.4. The minimum Gasteiger partial charge on any atom is -0.394 e. The Kier molecular flexibility index (Phi) is 16.5. The first-order valence-electron chi connectivity index (χ1n) is 12.0. The molecule has 39 heavy (non-hydrogen) atoms. The van der Waals surface area contributed by atoms with Gasteiger partial charge in [0.05, 0.1) is 19.8 Å². The molecule has 17 nitrogen and oxygen atoms in total. The maximum atomic E-state index is 9.51. The molecule has 3 saturated heterocycles. The van der Waals surface area contributed by atoms with E-state index >= 15 is 0 Å². The Hall–Kier alpha value is -0.330. The predicted molar refractivity (Wildman–Crippen MR) is 129 cm³/mol. The quantitative estimate of drug-likeness (QED) is 0.135. The van der Waals surface area contributed by atoms with Gasteiger partial charge in [-0.15, -0.1) is 11.8 Å². The van der Waals surface area contributed by atoms with E-state index in [9.17, 15) is 30.6 Å². The zero-order valence-electron chi connectivity index (χ0n) is 21.3. The molecule has 0 bridgehead atoms. The second-order valence-corrected chi connectivity index (χ2v) is 10.2. The van der Waals surface area contributed by atoms with Crippen LogP contribution in [0.3, 0.4) is 0 Å². The molecule has 13 N–H and O–H groups in total. The van der Waals surface area contributed by atoms with E-state index in [2.05, 4.69) is 4.74 Å². The molecule has 0 aromatic rings. The van der Waals surface area contributed by atoms with Crippen LogP contribution in [0, 0.1) is 0 Å². The molecule has 15 atom stereocenters. The summed E-state index contributed by atoms with van der Waals surface area (Å²) in [5, 5.41) is 118. The summed E-state index contributed by atoms with van der Waals surface area (Å²) < 4.78 is 19.4. The molecule has 0 spiro atoms. The predicted octanol–water partition coefficient (Wildman–Crippen LogP) is -7.25. The highest BCUT2D eigenvalue weighted by atomic mass is 32.2. The standard InChI is InChI=1S/C8H16O5S.C7H14O6.C6H12O6/c1-2-14-8-7(12)6(11)5(10)4(3-9)13-8;1-12-7-6(11)5(10)4(9)3(2-8)13-7;7-1-2-3(8)4(9)5(10)6(11)12-2/h4-12H,2-3H2,1H3;3-11H,2H2,1H3;2-11H,1H2/t4?,5-,6+,7?,8-;3?,4-,5+,6?,7+;2?,3-,4+,5?,6?/m111/s1. The zero-order valence-corrected chi connectivity index (χ0v) is 22.2. The van der Waals surface area contributed by atoms with Gasteiger partial charge in [0.1, 0.15) is 78.7 Å². The lowest BCUT2D eigenvalue weighted by Crippen LogP contribution is -2.58. The van der Waals surface area contributed by atoms with Crippen LogP contribution in [0.15, 0.2) is 0 Å². The Morgan fingerprint density at radius 3 is 1.38 bits per heavy atom. The van der Waals surface area contributed by atoms with Gasteiger partial charge in [0.25, 0.3) is 0 Å². The molecule has 3 fully saturated rings. The number of rotatable bonds is 6. The van der Waals surface area contributed by atoms with Crippen molar-refractivity contribution in [3.05, 3.63) is 0 Å². The van der Waals surface area contributed by atoms with Crippen LogP contribution in [-0.4, -0.2) is 190 Å². The van der Waals surface area contributed by atoms with Gasteiger partial charge in [-0.1, -0.05) is 6.92 Å². The molecule has 234 valence electrons. The van der Waals surface area contributed by atoms with Crippen molar-refractivity contribution in [1.29, 1.82) is 0 Å². The summed E-state index contributed by atoms with van der Waals surface area (Å²) >= 11 is 1.33. The fourth-order valence-electron chi connectivity index (χ4n) is 3.71. The van der Waals surface area contributed by atoms with Crippen LogP contribution < -0.4 is 0 Å². The molecule has 0 aliphatic carbocycles. The summed E-state index contributed by atoms with van der Waals surface area (Å²) in [4.78, 5) is 0. The van der Waals surface area contributed by atoms with Gasteiger partial charge in [-0.05, 0) is 5.75 Å². The van der Waals surface area contributed by atoms with E-state index in [4.69, 9.17) is 50.0 Å². The Labute approximate surface area is 228 Å². The number of aliphatic hydroxyl groups excluding tert-OH is 13. The van der Waals surface area contributed by atoms with Crippen LogP contribution in [0.4, 0.5) is 0 Å². The Bertz CT molecular complexity index is 637. The van der Waals surface area contributed by atoms with Gasteiger partial charge in [0.15, 0.2) is 12.6 Å². The van der Waals surface area contributed by atoms with Crippen molar-refractivity contribution in [3.63, 3.8) is 0 Å². The van der Waals surface area contributed by atoms with E-state index in [1.54, 1.807) is 0 Å². The molecule has 0 radical (unpaired) electrons. The highest BCUT2D eigenvalue weighted by molar-refractivity contribution is 7.99. The number of methoxy groups -OCH3 is 1. The lowest BCUT2D eigenvalue weighted by Gasteiger charge is -2.39. The molecule has 3 aliphatic rings. The van der Waals surface area contributed by atoms with E-state index in [0.717, 1.165) is 5.75 Å². The topological polar surface area (TPSA) is 300 Å². The molecule has 7 unspecified atom stereocenters. The van der Waals surface area contributed by atoms with Crippen LogP contribution in [-0.2, 0) is 18.9 Å². The van der Waals surface area contributed by atoms with E-state index in [1.165, 1.54) is 18.9 Å². The summed E-state index contributed by atoms with van der Waals surface area (Å²) in [6, 6.07) is 0. The third kappa shape index (κ3) is 9.60. The smallest absolute Gasteiger partial charge is 0.186 e. The van der Waals surface area contributed by atoms with Crippen molar-refractivity contribution in [2.45, 2.75) is 98.2 Å². The minimum atomic E-state index is -1.57. The van der Waals surface area contributed by atoms with Gasteiger partial charge >= 0.3 is 0 Å². The molecule has 3 heterocycles. The zero-order chi connectivity index (χ0) is 30.0. The first kappa shape index (κ1) is 36.7. The Balaban J connectivity index is 0.000000293. The maximum absolute atomic E-state index is 9.51. The first-order chi connectivity index (χ1) is 18.3. The fourth-order valence-corrected chi connectivity index (χ4v) is 4.62. The lowest BCUT2D eigenvalue weighted by molar-refractivity contribution is -0.294. The lowest BCUT2D eigenvalue weighted by atomic mass is 9.99. The van der Waals surface area contributed by atoms with Crippen LogP contribution in [0.2, 0.25) is 0 Å². The fraction of sp³-hybridized carbons (Fsp3) is 1.00. The van der Waals surface area contributed by atoms with Crippen LogP contribution in [0.1, 0.15) is 6.92 Å². The van der Waals surface area contributed by atoms with Crippen LogP contribution >= 0.6 is 11.8 Å². The monoisotopic (exact) mass is 598 g/mol. The van der Waals surface area contributed by atoms with Crippen molar-refractivity contribution >= 4 is 11.8 Å². The molecular formula is C21H42O17S. The molecule has 0 saturated carbocycles. The van der Waals surface area contributed by atoms with Crippen molar-refractivity contribution in [3.8, 4) is 0 Å². The number of aliphatic hydroxyl groups is 13. The second kappa shape index (κ2) is 17.6. The summed E-state index contributed by atoms with van der Waals surface area (Å²) in [5.74, 6) is 0.725. The number of ether oxygens (including phenoxy) is 4. The van der Waals surface area contributed by atoms with Gasteiger partial charge in [-0.25, -0.2) is 0 Å². The molecule has 18 heteroatoms. The van der Waals surface area contributed by atoms with Gasteiger partial charge < -0.3 is 85.3 Å². The molecular weight excluding hydrogens is 556 g/mol. The molecule has 3 rings (SSSR count). The number of hydrogen-bond donors (Lipinski definition) is 13. The molecule has 0 aromatic carbocycles. The molecule has 0 aromatic heterocycles. The van der Waals surface area contributed by atoms with Crippen molar-refractivity contribution in [2.75, 3.05) is 32.7 Å². The minimum absolute atomic E-state index is 0.369. The Morgan fingerprint density at radius 1 is 0.538 bits per heavy atom. The summed E-state index contributed by atoms with van der Waals surface area (Å²) in [6.07, 6.45) is -17.4. The largest absolute Gasteiger partial charge is 0.394 e. The Morgan fingerprint density at radius 2 is 0.949 bits per heavy atom. The van der Waals surface area contributed by atoms with E-state index in [1.807, 2.05) is 6.92 Å². The van der Waals surface area contributed by atoms with E-state index in [0.29, 0.717) is 0 Å². The first-order valence-corrected chi connectivity index (χ1v) is 13.1. The second-order valence-electron chi connectivity index (χ2n) is 8.81. The van der Waals surface area contributed by atoms with Gasteiger partial charge in [0.2, 0.25) is 0 Å². The van der Waals surface area contributed by atoms with Gasteiger partial charge in [-0.2, -0.15) is 0 Å². The third-order valence-electron chi connectivity index (χ3n) is 6.13. The van der Waals surface area contributed by atoms with Crippen molar-refractivity contribution in [2.24, 2.45) is 0 Å². The summed E-state index contributed by atoms with van der Waals surface area (Å²) in [5.41, 5.74) is -0.587. The highest BCUT2D eigenvalue weighted by Crippen LogP contribution is 2.28. The van der Waals surface area contributed by atoms with Crippen molar-refractivity contribution < 1.29 is 85.3 Å².